The van der Waals surface area contributed by atoms with Crippen molar-refractivity contribution in [2.24, 2.45) is 0 Å². The van der Waals surface area contributed by atoms with Crippen LogP contribution in [0.3, 0.4) is 0 Å². The van der Waals surface area contributed by atoms with Crippen LogP contribution in [0.5, 0.6) is 0 Å². The highest BCUT2D eigenvalue weighted by Crippen LogP contribution is 2.29. The van der Waals surface area contributed by atoms with E-state index in [9.17, 15) is 14.0 Å². The van der Waals surface area contributed by atoms with Crippen LogP contribution in [0.4, 0.5) is 10.1 Å². The SMILES string of the molecule is Cc1ccc(-c2nnn(CC(=O)N(c3ccc(F)cc3)[C@H](C(=O)NC3CCCC3)c3ccncc3)n2)cc1. The first-order valence-electron chi connectivity index (χ1n) is 12.6. The molecule has 1 fully saturated rings. The van der Waals surface area contributed by atoms with Crippen LogP contribution in [0.2, 0.25) is 0 Å². The summed E-state index contributed by atoms with van der Waals surface area (Å²) in [6.07, 6.45) is 7.03. The topological polar surface area (TPSA) is 106 Å². The molecule has 1 saturated carbocycles. The first-order chi connectivity index (χ1) is 18.5. The number of tetrazole rings is 1. The molecule has 0 radical (unpaired) electrons. The Morgan fingerprint density at radius 2 is 1.71 bits per heavy atom. The van der Waals surface area contributed by atoms with E-state index in [2.05, 4.69) is 25.7 Å². The molecule has 0 unspecified atom stereocenters. The molecular weight excluding hydrogens is 485 g/mol. The monoisotopic (exact) mass is 513 g/mol. The van der Waals surface area contributed by atoms with Crippen molar-refractivity contribution >= 4 is 17.5 Å². The van der Waals surface area contributed by atoms with Crippen LogP contribution in [0.1, 0.15) is 42.9 Å². The van der Waals surface area contributed by atoms with Crippen molar-refractivity contribution in [2.75, 3.05) is 4.90 Å². The first kappa shape index (κ1) is 25.2. The number of anilines is 1. The molecule has 2 aromatic heterocycles. The Kier molecular flexibility index (Phi) is 7.48. The number of amides is 2. The summed E-state index contributed by atoms with van der Waals surface area (Å²) in [4.78, 5) is 34.2. The van der Waals surface area contributed by atoms with E-state index in [1.54, 1.807) is 24.5 Å². The number of carbonyl (C=O) groups excluding carboxylic acids is 2. The number of hydrogen-bond donors (Lipinski definition) is 1. The van der Waals surface area contributed by atoms with E-state index in [4.69, 9.17) is 0 Å². The molecule has 4 aromatic rings. The third-order valence-electron chi connectivity index (χ3n) is 6.64. The van der Waals surface area contributed by atoms with Gasteiger partial charge in [0, 0.05) is 29.7 Å². The lowest BCUT2D eigenvalue weighted by molar-refractivity contribution is -0.127. The smallest absolute Gasteiger partial charge is 0.251 e. The van der Waals surface area contributed by atoms with E-state index >= 15 is 0 Å². The molecular formula is C28H28FN7O2. The fourth-order valence-electron chi connectivity index (χ4n) is 4.68. The van der Waals surface area contributed by atoms with E-state index < -0.39 is 17.8 Å². The van der Waals surface area contributed by atoms with Gasteiger partial charge < -0.3 is 5.32 Å². The fourth-order valence-corrected chi connectivity index (χ4v) is 4.68. The van der Waals surface area contributed by atoms with Gasteiger partial charge in [-0.2, -0.15) is 4.80 Å². The van der Waals surface area contributed by atoms with Crippen molar-refractivity contribution in [3.8, 4) is 11.4 Å². The highest BCUT2D eigenvalue weighted by molar-refractivity contribution is 6.01. The Labute approximate surface area is 219 Å². The average molecular weight is 514 g/mol. The third kappa shape index (κ3) is 5.74. The molecule has 0 saturated heterocycles. The minimum absolute atomic E-state index is 0.0473. The lowest BCUT2D eigenvalue weighted by atomic mass is 10.0. The molecule has 1 aliphatic carbocycles. The third-order valence-corrected chi connectivity index (χ3v) is 6.64. The van der Waals surface area contributed by atoms with Gasteiger partial charge in [0.05, 0.1) is 0 Å². The maximum Gasteiger partial charge on any atom is 0.251 e. The first-order valence-corrected chi connectivity index (χ1v) is 12.6. The summed E-state index contributed by atoms with van der Waals surface area (Å²) in [5.41, 5.74) is 2.83. The Balaban J connectivity index is 1.48. The number of rotatable bonds is 8. The molecule has 2 heterocycles. The summed E-state index contributed by atoms with van der Waals surface area (Å²) in [5, 5.41) is 15.6. The molecule has 10 heteroatoms. The van der Waals surface area contributed by atoms with Crippen LogP contribution in [-0.4, -0.2) is 43.0 Å². The standard InChI is InChI=1S/C28H28FN7O2/c1-19-6-8-21(9-7-19)27-32-34-35(33-27)18-25(37)36(24-12-10-22(29)11-13-24)26(20-14-16-30-17-15-20)28(38)31-23-4-2-3-5-23/h6-17,23,26H,2-5,18H2,1H3,(H,31,38)/t26-/m0/s1. The van der Waals surface area contributed by atoms with Gasteiger partial charge >= 0.3 is 0 Å². The quantitative estimate of drug-likeness (QED) is 0.382. The Morgan fingerprint density at radius 1 is 1.03 bits per heavy atom. The average Bonchev–Trinajstić information content (AvgIpc) is 3.61. The van der Waals surface area contributed by atoms with Gasteiger partial charge in [-0.3, -0.25) is 19.5 Å². The molecule has 1 N–H and O–H groups in total. The predicted molar refractivity (Wildman–Crippen MR) is 139 cm³/mol. The van der Waals surface area contributed by atoms with Crippen molar-refractivity contribution in [3.05, 3.63) is 90.0 Å². The maximum absolute atomic E-state index is 13.9. The van der Waals surface area contributed by atoms with Crippen LogP contribution in [-0.2, 0) is 16.1 Å². The molecule has 1 atom stereocenters. The number of benzene rings is 2. The molecule has 0 aliphatic heterocycles. The lowest BCUT2D eigenvalue weighted by Crippen LogP contribution is -2.47. The predicted octanol–water partition coefficient (Wildman–Crippen LogP) is 4.02. The molecule has 1 aliphatic rings. The van der Waals surface area contributed by atoms with Crippen molar-refractivity contribution in [1.29, 1.82) is 0 Å². The second-order valence-electron chi connectivity index (χ2n) is 9.42. The van der Waals surface area contributed by atoms with E-state index in [1.807, 2.05) is 31.2 Å². The number of carbonyl (C=O) groups is 2. The van der Waals surface area contributed by atoms with Crippen LogP contribution in [0, 0.1) is 12.7 Å². The number of nitrogens with zero attached hydrogens (tertiary/aromatic N) is 6. The van der Waals surface area contributed by atoms with Gasteiger partial charge in [-0.05, 0) is 66.9 Å². The van der Waals surface area contributed by atoms with Crippen LogP contribution >= 0.6 is 0 Å². The van der Waals surface area contributed by atoms with Crippen molar-refractivity contribution in [2.45, 2.75) is 51.2 Å². The van der Waals surface area contributed by atoms with Crippen molar-refractivity contribution in [3.63, 3.8) is 0 Å². The minimum atomic E-state index is -1.00. The second kappa shape index (κ2) is 11.3. The van der Waals surface area contributed by atoms with Gasteiger partial charge in [0.1, 0.15) is 18.4 Å². The van der Waals surface area contributed by atoms with Crippen LogP contribution < -0.4 is 10.2 Å². The number of halogens is 1. The summed E-state index contributed by atoms with van der Waals surface area (Å²) < 4.78 is 13.8. The summed E-state index contributed by atoms with van der Waals surface area (Å²) in [6.45, 7) is 1.72. The fraction of sp³-hybridized carbons (Fsp3) is 0.286. The Bertz CT molecular complexity index is 1380. The number of nitrogens with one attached hydrogen (secondary N) is 1. The molecule has 0 spiro atoms. The zero-order valence-electron chi connectivity index (χ0n) is 21.0. The molecule has 38 heavy (non-hydrogen) atoms. The van der Waals surface area contributed by atoms with Gasteiger partial charge in [-0.1, -0.05) is 42.7 Å². The second-order valence-corrected chi connectivity index (χ2v) is 9.42. The molecule has 0 bridgehead atoms. The normalized spacial score (nSPS) is 14.3. The van der Waals surface area contributed by atoms with E-state index in [1.165, 1.54) is 34.0 Å². The van der Waals surface area contributed by atoms with Crippen molar-refractivity contribution in [1.82, 2.24) is 30.5 Å². The summed E-state index contributed by atoms with van der Waals surface area (Å²) >= 11 is 0. The van der Waals surface area contributed by atoms with E-state index in [0.29, 0.717) is 17.1 Å². The van der Waals surface area contributed by atoms with Crippen LogP contribution in [0.25, 0.3) is 11.4 Å². The lowest BCUT2D eigenvalue weighted by Gasteiger charge is -2.32. The zero-order chi connectivity index (χ0) is 26.5. The minimum Gasteiger partial charge on any atom is -0.351 e. The largest absolute Gasteiger partial charge is 0.351 e. The van der Waals surface area contributed by atoms with Gasteiger partial charge in [0.25, 0.3) is 5.91 Å². The van der Waals surface area contributed by atoms with Crippen molar-refractivity contribution < 1.29 is 14.0 Å². The highest BCUT2D eigenvalue weighted by atomic mass is 19.1. The summed E-state index contributed by atoms with van der Waals surface area (Å²) in [5.74, 6) is -0.825. The maximum atomic E-state index is 13.9. The number of aromatic nitrogens is 5. The molecule has 2 amide bonds. The van der Waals surface area contributed by atoms with Gasteiger partial charge in [-0.25, -0.2) is 4.39 Å². The van der Waals surface area contributed by atoms with Gasteiger partial charge in [-0.15, -0.1) is 10.2 Å². The number of aryl methyl sites for hydroxylation is 1. The summed E-state index contributed by atoms with van der Waals surface area (Å²) in [6, 6.07) is 15.6. The molecule has 2 aromatic carbocycles. The van der Waals surface area contributed by atoms with Crippen LogP contribution in [0.15, 0.2) is 73.1 Å². The van der Waals surface area contributed by atoms with E-state index in [-0.39, 0.29) is 18.5 Å². The van der Waals surface area contributed by atoms with E-state index in [0.717, 1.165) is 36.8 Å². The number of hydrogen-bond acceptors (Lipinski definition) is 6. The zero-order valence-corrected chi connectivity index (χ0v) is 21.0. The summed E-state index contributed by atoms with van der Waals surface area (Å²) in [7, 11) is 0. The Morgan fingerprint density at radius 3 is 2.39 bits per heavy atom. The van der Waals surface area contributed by atoms with Gasteiger partial charge in [0.15, 0.2) is 0 Å². The Hall–Kier alpha value is -4.47. The molecule has 194 valence electrons. The molecule has 5 rings (SSSR count). The highest BCUT2D eigenvalue weighted by Gasteiger charge is 2.34. The molecule has 9 nitrogen and oxygen atoms in total. The van der Waals surface area contributed by atoms with Gasteiger partial charge in [0.2, 0.25) is 11.7 Å². The number of pyridine rings is 1.